The summed E-state index contributed by atoms with van der Waals surface area (Å²) in [6, 6.07) is 4.85. The van der Waals surface area contributed by atoms with Crippen LogP contribution in [0.1, 0.15) is 45.6 Å². The van der Waals surface area contributed by atoms with Gasteiger partial charge in [-0.3, -0.25) is 0 Å². The maximum absolute atomic E-state index is 11.5. The van der Waals surface area contributed by atoms with Crippen molar-refractivity contribution < 1.29 is 13.2 Å². The first-order valence-electron chi connectivity index (χ1n) is 6.98. The van der Waals surface area contributed by atoms with Crippen molar-refractivity contribution in [3.05, 3.63) is 23.8 Å². The van der Waals surface area contributed by atoms with Crippen LogP contribution in [0.4, 0.5) is 0 Å². The Bertz CT molecular complexity index is 584. The van der Waals surface area contributed by atoms with Gasteiger partial charge < -0.3 is 4.74 Å². The van der Waals surface area contributed by atoms with E-state index in [9.17, 15) is 8.42 Å². The first kappa shape index (κ1) is 15.3. The normalized spacial score (nSPS) is 16.2. The smallest absolute Gasteiger partial charge is 0.238 e. The number of nitrogens with two attached hydrogens (primary N) is 1. The molecule has 2 N–H and O–H groups in total. The third-order valence-electron chi connectivity index (χ3n) is 3.57. The third kappa shape index (κ3) is 3.96. The minimum atomic E-state index is -3.68. The lowest BCUT2D eigenvalue weighted by molar-refractivity contribution is 0.294. The van der Waals surface area contributed by atoms with E-state index in [4.69, 9.17) is 9.88 Å². The predicted octanol–water partition coefficient (Wildman–Crippen LogP) is 2.81. The van der Waals surface area contributed by atoms with Crippen LogP contribution in [0.25, 0.3) is 0 Å². The monoisotopic (exact) mass is 297 g/mol. The van der Waals surface area contributed by atoms with Gasteiger partial charge in [-0.25, -0.2) is 13.6 Å². The molecule has 0 aliphatic heterocycles. The second kappa shape index (κ2) is 5.37. The van der Waals surface area contributed by atoms with E-state index in [-0.39, 0.29) is 10.3 Å². The van der Waals surface area contributed by atoms with Gasteiger partial charge in [0.15, 0.2) is 0 Å². The van der Waals surface area contributed by atoms with E-state index in [2.05, 4.69) is 0 Å². The molecule has 1 aliphatic rings. The van der Waals surface area contributed by atoms with Crippen LogP contribution < -0.4 is 9.88 Å². The molecule has 0 heterocycles. The van der Waals surface area contributed by atoms with E-state index in [1.807, 2.05) is 20.8 Å². The van der Waals surface area contributed by atoms with Gasteiger partial charge in [0, 0.05) is 5.56 Å². The second-order valence-corrected chi connectivity index (χ2v) is 8.09. The first-order valence-corrected chi connectivity index (χ1v) is 8.53. The average Bonchev–Trinajstić information content (AvgIpc) is 3.10. The van der Waals surface area contributed by atoms with Crippen molar-refractivity contribution in [3.63, 3.8) is 0 Å². The molecule has 1 aliphatic carbocycles. The Balaban J connectivity index is 2.25. The Morgan fingerprint density at radius 3 is 2.45 bits per heavy atom. The summed E-state index contributed by atoms with van der Waals surface area (Å²) in [5, 5.41) is 5.20. The Morgan fingerprint density at radius 2 is 1.95 bits per heavy atom. The second-order valence-electron chi connectivity index (χ2n) is 6.53. The zero-order valence-corrected chi connectivity index (χ0v) is 13.2. The Labute approximate surface area is 121 Å². The van der Waals surface area contributed by atoms with Crippen LogP contribution in [-0.4, -0.2) is 15.0 Å². The minimum absolute atomic E-state index is 0.136. The van der Waals surface area contributed by atoms with Gasteiger partial charge in [0.2, 0.25) is 10.0 Å². The fraction of sp³-hybridized carbons (Fsp3) is 0.600. The topological polar surface area (TPSA) is 69.4 Å². The zero-order chi connectivity index (χ0) is 15.0. The molecule has 20 heavy (non-hydrogen) atoms. The van der Waals surface area contributed by atoms with Crippen molar-refractivity contribution in [2.45, 2.75) is 50.3 Å². The molecule has 0 unspecified atom stereocenters. The van der Waals surface area contributed by atoms with Crippen molar-refractivity contribution >= 4 is 10.0 Å². The summed E-state index contributed by atoms with van der Waals surface area (Å²) in [4.78, 5) is 0.136. The number of benzene rings is 1. The van der Waals surface area contributed by atoms with E-state index in [1.54, 1.807) is 12.1 Å². The quantitative estimate of drug-likeness (QED) is 0.908. The van der Waals surface area contributed by atoms with E-state index >= 15 is 0 Å². The van der Waals surface area contributed by atoms with Gasteiger partial charge in [-0.05, 0) is 36.0 Å². The number of rotatable bonds is 5. The summed E-state index contributed by atoms with van der Waals surface area (Å²) < 4.78 is 28.8. The molecule has 0 aromatic heterocycles. The van der Waals surface area contributed by atoms with Crippen LogP contribution in [0.5, 0.6) is 5.75 Å². The number of hydrogen-bond acceptors (Lipinski definition) is 3. The summed E-state index contributed by atoms with van der Waals surface area (Å²) >= 11 is 0. The summed E-state index contributed by atoms with van der Waals surface area (Å²) in [5.74, 6) is 1.57. The molecule has 0 saturated heterocycles. The molecule has 4 nitrogen and oxygen atoms in total. The van der Waals surface area contributed by atoms with Gasteiger partial charge in [0.05, 0.1) is 11.5 Å². The highest BCUT2D eigenvalue weighted by atomic mass is 32.2. The van der Waals surface area contributed by atoms with Gasteiger partial charge in [-0.1, -0.05) is 33.6 Å². The van der Waals surface area contributed by atoms with Crippen molar-refractivity contribution in [3.8, 4) is 5.75 Å². The predicted molar refractivity (Wildman–Crippen MR) is 79.4 cm³/mol. The molecule has 1 fully saturated rings. The van der Waals surface area contributed by atoms with Crippen molar-refractivity contribution in [1.82, 2.24) is 0 Å². The minimum Gasteiger partial charge on any atom is -0.493 e. The van der Waals surface area contributed by atoms with Crippen LogP contribution >= 0.6 is 0 Å². The summed E-state index contributed by atoms with van der Waals surface area (Å²) in [5.41, 5.74) is 0.676. The van der Waals surface area contributed by atoms with Crippen molar-refractivity contribution in [2.75, 3.05) is 6.61 Å². The fourth-order valence-corrected chi connectivity index (χ4v) is 2.68. The molecule has 0 atom stereocenters. The Hall–Kier alpha value is -1.07. The molecule has 1 saturated carbocycles. The van der Waals surface area contributed by atoms with Crippen molar-refractivity contribution in [1.29, 1.82) is 0 Å². The van der Waals surface area contributed by atoms with Crippen LogP contribution in [0.15, 0.2) is 23.1 Å². The first-order chi connectivity index (χ1) is 9.18. The van der Waals surface area contributed by atoms with Crippen LogP contribution in [0.3, 0.4) is 0 Å². The number of ether oxygens (including phenoxy) is 1. The molecule has 0 spiro atoms. The highest BCUT2D eigenvalue weighted by Gasteiger charge is 2.24. The van der Waals surface area contributed by atoms with Crippen LogP contribution in [0.2, 0.25) is 0 Å². The molecule has 0 bridgehead atoms. The third-order valence-corrected chi connectivity index (χ3v) is 4.48. The highest BCUT2D eigenvalue weighted by molar-refractivity contribution is 7.89. The van der Waals surface area contributed by atoms with Crippen LogP contribution in [-0.2, 0) is 15.4 Å². The molecular weight excluding hydrogens is 274 g/mol. The van der Waals surface area contributed by atoms with E-state index in [0.29, 0.717) is 6.61 Å². The molecule has 0 radical (unpaired) electrons. The Morgan fingerprint density at radius 1 is 1.30 bits per heavy atom. The maximum atomic E-state index is 11.5. The number of sulfonamides is 1. The molecular formula is C15H23NO3S. The largest absolute Gasteiger partial charge is 0.493 e. The molecule has 1 aromatic carbocycles. The summed E-state index contributed by atoms with van der Waals surface area (Å²) in [6.07, 6.45) is 3.68. The van der Waals surface area contributed by atoms with Gasteiger partial charge >= 0.3 is 0 Å². The van der Waals surface area contributed by atoms with E-state index in [0.717, 1.165) is 23.7 Å². The van der Waals surface area contributed by atoms with Crippen LogP contribution in [0, 0.1) is 5.92 Å². The van der Waals surface area contributed by atoms with E-state index < -0.39 is 10.0 Å². The highest BCUT2D eigenvalue weighted by Crippen LogP contribution is 2.35. The average molecular weight is 297 g/mol. The molecule has 2 rings (SSSR count). The number of primary sulfonamides is 1. The van der Waals surface area contributed by atoms with E-state index in [1.165, 1.54) is 18.9 Å². The summed E-state index contributed by atoms with van der Waals surface area (Å²) in [7, 11) is -3.68. The standard InChI is InChI=1S/C15H23NO3S/c1-15(2,3)13-10-12(20(16,17)18)6-7-14(13)19-9-8-11-4-5-11/h6-7,10-11H,4-5,8-9H2,1-3H3,(H2,16,17,18). The zero-order valence-electron chi connectivity index (χ0n) is 12.3. The summed E-state index contributed by atoms with van der Waals surface area (Å²) in [6.45, 7) is 6.78. The molecule has 0 amide bonds. The van der Waals surface area contributed by atoms with Crippen molar-refractivity contribution in [2.24, 2.45) is 11.1 Å². The van der Waals surface area contributed by atoms with Gasteiger partial charge in [-0.15, -0.1) is 0 Å². The lowest BCUT2D eigenvalue weighted by Crippen LogP contribution is -2.17. The number of hydrogen-bond donors (Lipinski definition) is 1. The van der Waals surface area contributed by atoms with Gasteiger partial charge in [0.25, 0.3) is 0 Å². The lowest BCUT2D eigenvalue weighted by atomic mass is 9.86. The SMILES string of the molecule is CC(C)(C)c1cc(S(N)(=O)=O)ccc1OCCC1CC1. The van der Waals surface area contributed by atoms with Gasteiger partial charge in [-0.2, -0.15) is 0 Å². The van der Waals surface area contributed by atoms with Gasteiger partial charge in [0.1, 0.15) is 5.75 Å². The Kier molecular flexibility index (Phi) is 4.12. The fourth-order valence-electron chi connectivity index (χ4n) is 2.14. The maximum Gasteiger partial charge on any atom is 0.238 e. The molecule has 1 aromatic rings. The molecule has 5 heteroatoms. The molecule has 112 valence electrons. The lowest BCUT2D eigenvalue weighted by Gasteiger charge is -2.23.